The van der Waals surface area contributed by atoms with E-state index in [2.05, 4.69) is 0 Å². The summed E-state index contributed by atoms with van der Waals surface area (Å²) >= 11 is 0. The highest BCUT2D eigenvalue weighted by Gasteiger charge is 2.18. The van der Waals surface area contributed by atoms with Crippen LogP contribution in [0, 0.1) is 11.3 Å². The zero-order chi connectivity index (χ0) is 13.1. The molecule has 1 aromatic carbocycles. The minimum Gasteiger partial charge on any atom is -0.286 e. The number of nitriles is 1. The van der Waals surface area contributed by atoms with Gasteiger partial charge in [0.25, 0.3) is 10.1 Å². The summed E-state index contributed by atoms with van der Waals surface area (Å²) in [6.07, 6.45) is 0. The predicted molar refractivity (Wildman–Crippen MR) is 59.6 cm³/mol. The standard InChI is InChI=1S/C9H9NO5S2/c10-7-8-1-3-9(4-2-8)16(11,12)5-6-17(13,14)15/h1-4H,5-6H2,(H,13,14,15). The van der Waals surface area contributed by atoms with Crippen molar-refractivity contribution in [3.63, 3.8) is 0 Å². The summed E-state index contributed by atoms with van der Waals surface area (Å²) in [7, 11) is -8.08. The monoisotopic (exact) mass is 275 g/mol. The number of hydrogen-bond donors (Lipinski definition) is 1. The summed E-state index contributed by atoms with van der Waals surface area (Å²) in [5, 5.41) is 8.53. The molecule has 0 aliphatic rings. The highest BCUT2D eigenvalue weighted by atomic mass is 32.2. The van der Waals surface area contributed by atoms with Crippen LogP contribution < -0.4 is 0 Å². The maximum atomic E-state index is 11.6. The largest absolute Gasteiger partial charge is 0.286 e. The van der Waals surface area contributed by atoms with Crippen molar-refractivity contribution in [2.45, 2.75) is 4.90 Å². The number of benzene rings is 1. The van der Waals surface area contributed by atoms with Crippen LogP contribution in [0.3, 0.4) is 0 Å². The Bertz CT molecular complexity index is 638. The van der Waals surface area contributed by atoms with Crippen molar-refractivity contribution in [1.29, 1.82) is 5.26 Å². The highest BCUT2D eigenvalue weighted by Crippen LogP contribution is 2.12. The summed E-state index contributed by atoms with van der Waals surface area (Å²) in [6, 6.07) is 6.91. The van der Waals surface area contributed by atoms with E-state index >= 15 is 0 Å². The van der Waals surface area contributed by atoms with Gasteiger partial charge in [0.15, 0.2) is 9.84 Å². The predicted octanol–water partition coefficient (Wildman–Crippen LogP) is 0.220. The quantitative estimate of drug-likeness (QED) is 0.786. The molecule has 0 radical (unpaired) electrons. The molecule has 0 aliphatic heterocycles. The van der Waals surface area contributed by atoms with Crippen molar-refractivity contribution in [3.05, 3.63) is 29.8 Å². The van der Waals surface area contributed by atoms with Gasteiger partial charge in [-0.2, -0.15) is 13.7 Å². The van der Waals surface area contributed by atoms with Crippen LogP contribution in [0.4, 0.5) is 0 Å². The molecule has 1 rings (SSSR count). The molecule has 0 heterocycles. The first kappa shape index (κ1) is 13.6. The van der Waals surface area contributed by atoms with E-state index in [-0.39, 0.29) is 4.90 Å². The van der Waals surface area contributed by atoms with Crippen LogP contribution in [0.15, 0.2) is 29.2 Å². The Morgan fingerprint density at radius 3 is 2.00 bits per heavy atom. The van der Waals surface area contributed by atoms with E-state index in [0.29, 0.717) is 5.56 Å². The molecule has 1 aromatic rings. The molecule has 0 saturated carbocycles. The van der Waals surface area contributed by atoms with Crippen molar-refractivity contribution >= 4 is 20.0 Å². The molecule has 17 heavy (non-hydrogen) atoms. The third kappa shape index (κ3) is 4.14. The lowest BCUT2D eigenvalue weighted by Crippen LogP contribution is -2.16. The Morgan fingerprint density at radius 1 is 1.06 bits per heavy atom. The van der Waals surface area contributed by atoms with Crippen LogP contribution in [0.1, 0.15) is 5.56 Å². The normalized spacial score (nSPS) is 12.0. The fourth-order valence-corrected chi connectivity index (χ4v) is 3.58. The van der Waals surface area contributed by atoms with Crippen LogP contribution in [0.2, 0.25) is 0 Å². The molecule has 0 amide bonds. The van der Waals surface area contributed by atoms with Crippen LogP contribution >= 0.6 is 0 Å². The Labute approximate surface area is 99.2 Å². The van der Waals surface area contributed by atoms with Gasteiger partial charge in [0.1, 0.15) is 0 Å². The molecule has 0 unspecified atom stereocenters. The van der Waals surface area contributed by atoms with Crippen molar-refractivity contribution in [2.75, 3.05) is 11.5 Å². The van der Waals surface area contributed by atoms with E-state index in [1.54, 1.807) is 0 Å². The molecule has 6 nitrogen and oxygen atoms in total. The van der Waals surface area contributed by atoms with Crippen LogP contribution in [0.5, 0.6) is 0 Å². The van der Waals surface area contributed by atoms with Crippen molar-refractivity contribution in [2.24, 2.45) is 0 Å². The van der Waals surface area contributed by atoms with Crippen LogP contribution in [-0.2, 0) is 20.0 Å². The first-order valence-corrected chi connectivity index (χ1v) is 7.69. The fourth-order valence-electron chi connectivity index (χ4n) is 1.07. The molecule has 0 aromatic heterocycles. The van der Waals surface area contributed by atoms with Gasteiger partial charge in [-0.1, -0.05) is 0 Å². The van der Waals surface area contributed by atoms with Crippen molar-refractivity contribution < 1.29 is 21.4 Å². The van der Waals surface area contributed by atoms with E-state index in [9.17, 15) is 16.8 Å². The first-order valence-electron chi connectivity index (χ1n) is 4.43. The summed E-state index contributed by atoms with van der Waals surface area (Å²) in [6.45, 7) is 0. The van der Waals surface area contributed by atoms with Gasteiger partial charge >= 0.3 is 0 Å². The van der Waals surface area contributed by atoms with Crippen LogP contribution in [-0.4, -0.2) is 32.9 Å². The number of sulfone groups is 1. The lowest BCUT2D eigenvalue weighted by molar-refractivity contribution is 0.484. The van der Waals surface area contributed by atoms with Gasteiger partial charge in [-0.05, 0) is 24.3 Å². The maximum Gasteiger partial charge on any atom is 0.265 e. The van der Waals surface area contributed by atoms with Crippen molar-refractivity contribution in [1.82, 2.24) is 0 Å². The van der Waals surface area contributed by atoms with E-state index in [1.165, 1.54) is 24.3 Å². The van der Waals surface area contributed by atoms with E-state index < -0.39 is 31.5 Å². The average molecular weight is 275 g/mol. The topological polar surface area (TPSA) is 112 Å². The molecule has 8 heteroatoms. The molecule has 0 bridgehead atoms. The number of nitrogens with zero attached hydrogens (tertiary/aromatic N) is 1. The Hall–Kier alpha value is -1.43. The van der Waals surface area contributed by atoms with E-state index in [1.807, 2.05) is 6.07 Å². The molecule has 0 fully saturated rings. The second-order valence-electron chi connectivity index (χ2n) is 3.24. The summed E-state index contributed by atoms with van der Waals surface area (Å²) in [5.74, 6) is -1.55. The Morgan fingerprint density at radius 2 is 1.59 bits per heavy atom. The van der Waals surface area contributed by atoms with Gasteiger partial charge in [0.05, 0.1) is 28.0 Å². The summed E-state index contributed by atoms with van der Waals surface area (Å²) in [5.41, 5.74) is 0.304. The van der Waals surface area contributed by atoms with Gasteiger partial charge in [0, 0.05) is 0 Å². The first-order chi connectivity index (χ1) is 7.74. The molecule has 92 valence electrons. The van der Waals surface area contributed by atoms with Gasteiger partial charge < -0.3 is 0 Å². The maximum absolute atomic E-state index is 11.6. The number of rotatable bonds is 4. The second kappa shape index (κ2) is 4.83. The molecule has 0 atom stereocenters. The van der Waals surface area contributed by atoms with Crippen LogP contribution in [0.25, 0.3) is 0 Å². The Balaban J connectivity index is 2.94. The molecular formula is C9H9NO5S2. The third-order valence-corrected chi connectivity index (χ3v) is 4.66. The molecule has 0 aliphatic carbocycles. The highest BCUT2D eigenvalue weighted by molar-refractivity contribution is 7.93. The summed E-state index contributed by atoms with van der Waals surface area (Å²) in [4.78, 5) is -0.0832. The van der Waals surface area contributed by atoms with Gasteiger partial charge in [-0.25, -0.2) is 8.42 Å². The van der Waals surface area contributed by atoms with Gasteiger partial charge in [0.2, 0.25) is 0 Å². The Kier molecular flexibility index (Phi) is 3.87. The van der Waals surface area contributed by atoms with E-state index in [4.69, 9.17) is 9.81 Å². The SMILES string of the molecule is N#Cc1ccc(S(=O)(=O)CCS(=O)(=O)O)cc1. The minimum atomic E-state index is -4.31. The summed E-state index contributed by atoms with van der Waals surface area (Å²) < 4.78 is 52.6. The molecule has 0 spiro atoms. The molecule has 1 N–H and O–H groups in total. The average Bonchev–Trinajstić information content (AvgIpc) is 2.26. The third-order valence-electron chi connectivity index (χ3n) is 1.95. The second-order valence-corrected chi connectivity index (χ2v) is 6.92. The van der Waals surface area contributed by atoms with Crippen molar-refractivity contribution in [3.8, 4) is 6.07 Å². The molecular weight excluding hydrogens is 266 g/mol. The zero-order valence-electron chi connectivity index (χ0n) is 8.57. The smallest absolute Gasteiger partial charge is 0.265 e. The zero-order valence-corrected chi connectivity index (χ0v) is 10.2. The van der Waals surface area contributed by atoms with Gasteiger partial charge in [-0.3, -0.25) is 4.55 Å². The lowest BCUT2D eigenvalue weighted by atomic mass is 10.2. The fraction of sp³-hybridized carbons (Fsp3) is 0.222. The number of hydrogen-bond acceptors (Lipinski definition) is 5. The minimum absolute atomic E-state index is 0.0832. The molecule has 0 saturated heterocycles. The van der Waals surface area contributed by atoms with E-state index in [0.717, 1.165) is 0 Å². The lowest BCUT2D eigenvalue weighted by Gasteiger charge is -2.02. The van der Waals surface area contributed by atoms with Gasteiger partial charge in [-0.15, -0.1) is 0 Å².